The zero-order valence-corrected chi connectivity index (χ0v) is 16.5. The molecular formula is C20H25ClN2O2S. The highest BCUT2D eigenvalue weighted by Crippen LogP contribution is 2.84. The second kappa shape index (κ2) is 5.05. The lowest BCUT2D eigenvalue weighted by Crippen LogP contribution is -2.78. The first-order valence-corrected chi connectivity index (χ1v) is 11.8. The quantitative estimate of drug-likeness (QED) is 0.792. The topological polar surface area (TPSA) is 40.6 Å². The van der Waals surface area contributed by atoms with Crippen LogP contribution in [0, 0.1) is 23.2 Å². The summed E-state index contributed by atoms with van der Waals surface area (Å²) in [6.07, 6.45) is 7.15. The van der Waals surface area contributed by atoms with E-state index < -0.39 is 10.0 Å². The van der Waals surface area contributed by atoms with Crippen LogP contribution in [0.15, 0.2) is 29.2 Å². The number of benzene rings is 1. The molecule has 4 saturated carbocycles. The number of fused-ring (bicyclic) bond motifs is 1. The number of halogens is 1. The number of rotatable bonds is 3. The van der Waals surface area contributed by atoms with Crippen LogP contribution >= 0.6 is 11.6 Å². The summed E-state index contributed by atoms with van der Waals surface area (Å²) in [5.74, 6) is 2.90. The van der Waals surface area contributed by atoms with E-state index in [1.54, 1.807) is 28.6 Å². The molecule has 5 aliphatic rings. The molecule has 0 radical (unpaired) electrons. The van der Waals surface area contributed by atoms with Gasteiger partial charge < -0.3 is 0 Å². The maximum absolute atomic E-state index is 13.0. The largest absolute Gasteiger partial charge is 0.294 e. The van der Waals surface area contributed by atoms with Crippen molar-refractivity contribution in [2.75, 3.05) is 26.2 Å². The molecule has 26 heavy (non-hydrogen) atoms. The summed E-state index contributed by atoms with van der Waals surface area (Å²) in [6.45, 7) is 2.92. The summed E-state index contributed by atoms with van der Waals surface area (Å²) in [7, 11) is -3.49. The first-order valence-electron chi connectivity index (χ1n) is 9.97. The predicted molar refractivity (Wildman–Crippen MR) is 101 cm³/mol. The Morgan fingerprint density at radius 1 is 0.962 bits per heavy atom. The van der Waals surface area contributed by atoms with Gasteiger partial charge in [-0.25, -0.2) is 8.42 Å². The Morgan fingerprint density at radius 2 is 1.73 bits per heavy atom. The number of sulfonamides is 1. The normalized spacial score (nSPS) is 44.4. The van der Waals surface area contributed by atoms with Gasteiger partial charge in [0.25, 0.3) is 0 Å². The molecule has 1 aromatic rings. The molecule has 1 aliphatic heterocycles. The van der Waals surface area contributed by atoms with E-state index in [1.807, 2.05) is 0 Å². The molecule has 1 saturated heterocycles. The third kappa shape index (κ3) is 1.73. The first kappa shape index (κ1) is 16.3. The average Bonchev–Trinajstić information content (AvgIpc) is 3.11. The molecule has 4 nitrogen and oxygen atoms in total. The Balaban J connectivity index is 1.22. The van der Waals surface area contributed by atoms with Gasteiger partial charge in [-0.15, -0.1) is 0 Å². The Bertz CT molecular complexity index is 882. The maximum Gasteiger partial charge on any atom is 0.244 e. The van der Waals surface area contributed by atoms with Crippen LogP contribution in [-0.4, -0.2) is 49.3 Å². The van der Waals surface area contributed by atoms with Crippen molar-refractivity contribution in [3.05, 3.63) is 29.3 Å². The SMILES string of the molecule is O=S(=O)(c1ccccc1Cl)N1CCN(C23CC4CC5C[C@@H](C2)C53C4)CC1. The van der Waals surface area contributed by atoms with Gasteiger partial charge in [0.1, 0.15) is 4.90 Å². The second-order valence-electron chi connectivity index (χ2n) is 9.24. The molecule has 5 atom stereocenters. The molecule has 1 aromatic carbocycles. The third-order valence-corrected chi connectivity index (χ3v) is 11.0. The fourth-order valence-electron chi connectivity index (χ4n) is 7.83. The number of hydrogen-bond acceptors (Lipinski definition) is 3. The highest BCUT2D eigenvalue weighted by molar-refractivity contribution is 7.89. The van der Waals surface area contributed by atoms with Crippen LogP contribution in [0.5, 0.6) is 0 Å². The van der Waals surface area contributed by atoms with Gasteiger partial charge in [-0.2, -0.15) is 4.31 Å². The summed E-state index contributed by atoms with van der Waals surface area (Å²) in [5.41, 5.74) is 1.05. The molecule has 6 heteroatoms. The molecule has 0 aromatic heterocycles. The van der Waals surface area contributed by atoms with Crippen molar-refractivity contribution >= 4 is 21.6 Å². The predicted octanol–water partition coefficient (Wildman–Crippen LogP) is 3.23. The van der Waals surface area contributed by atoms with Gasteiger partial charge in [-0.3, -0.25) is 4.90 Å². The summed E-state index contributed by atoms with van der Waals surface area (Å²) < 4.78 is 27.6. The Kier molecular flexibility index (Phi) is 3.17. The first-order chi connectivity index (χ1) is 12.5. The van der Waals surface area contributed by atoms with Gasteiger partial charge in [0.15, 0.2) is 0 Å². The summed E-state index contributed by atoms with van der Waals surface area (Å²) >= 11 is 6.16. The van der Waals surface area contributed by atoms with Crippen LogP contribution in [0.25, 0.3) is 0 Å². The van der Waals surface area contributed by atoms with Crippen molar-refractivity contribution in [3.8, 4) is 0 Å². The Labute approximate surface area is 160 Å². The minimum Gasteiger partial charge on any atom is -0.294 e. The number of nitrogens with zero attached hydrogens (tertiary/aromatic N) is 2. The molecular weight excluding hydrogens is 368 g/mol. The highest BCUT2D eigenvalue weighted by atomic mass is 35.5. The van der Waals surface area contributed by atoms with Crippen molar-refractivity contribution in [2.45, 2.75) is 42.5 Å². The lowest BCUT2D eigenvalue weighted by Gasteiger charge is -2.76. The van der Waals surface area contributed by atoms with Crippen LogP contribution in [0.3, 0.4) is 0 Å². The van der Waals surface area contributed by atoms with Crippen molar-refractivity contribution in [3.63, 3.8) is 0 Å². The maximum atomic E-state index is 13.0. The summed E-state index contributed by atoms with van der Waals surface area (Å²) in [6, 6.07) is 6.79. The summed E-state index contributed by atoms with van der Waals surface area (Å²) in [4.78, 5) is 2.93. The Morgan fingerprint density at radius 3 is 2.42 bits per heavy atom. The van der Waals surface area contributed by atoms with Crippen molar-refractivity contribution in [1.29, 1.82) is 0 Å². The number of hydrogen-bond donors (Lipinski definition) is 0. The van der Waals surface area contributed by atoms with E-state index in [-0.39, 0.29) is 4.90 Å². The highest BCUT2D eigenvalue weighted by Gasteiger charge is 2.81. The number of piperazine rings is 1. The van der Waals surface area contributed by atoms with E-state index in [0.29, 0.717) is 29.1 Å². The van der Waals surface area contributed by atoms with Gasteiger partial charge >= 0.3 is 0 Å². The average molecular weight is 393 g/mol. The van der Waals surface area contributed by atoms with E-state index >= 15 is 0 Å². The van der Waals surface area contributed by atoms with Gasteiger partial charge in [-0.05, 0) is 67.4 Å². The smallest absolute Gasteiger partial charge is 0.244 e. The van der Waals surface area contributed by atoms with E-state index in [1.165, 1.54) is 32.1 Å². The lowest BCUT2D eigenvalue weighted by molar-refractivity contribution is -0.255. The zero-order valence-electron chi connectivity index (χ0n) is 14.9. The lowest BCUT2D eigenvalue weighted by atomic mass is 9.34. The molecule has 0 amide bonds. The Hall–Kier alpha value is -0.620. The monoisotopic (exact) mass is 392 g/mol. The standard InChI is InChI=1S/C20H25ClN2O2S/c21-17-3-1-2-4-18(17)26(24,25)23-7-5-22(6-8-23)19-11-14-9-15-10-16(13-19)20(15,19)12-14/h1-4,14-16H,5-13H2/t14?,15?,16-,19?,20?/m0/s1. The molecule has 6 rings (SSSR count). The van der Waals surface area contributed by atoms with E-state index in [9.17, 15) is 8.42 Å². The van der Waals surface area contributed by atoms with Crippen LogP contribution in [-0.2, 0) is 10.0 Å². The van der Waals surface area contributed by atoms with E-state index in [4.69, 9.17) is 11.6 Å². The third-order valence-electron chi connectivity index (χ3n) is 8.65. The molecule has 1 heterocycles. The second-order valence-corrected chi connectivity index (χ2v) is 11.6. The van der Waals surface area contributed by atoms with Gasteiger partial charge in [0.2, 0.25) is 10.0 Å². The zero-order chi connectivity index (χ0) is 17.7. The van der Waals surface area contributed by atoms with Crippen LogP contribution in [0.1, 0.15) is 32.1 Å². The van der Waals surface area contributed by atoms with Gasteiger partial charge in [0.05, 0.1) is 5.02 Å². The van der Waals surface area contributed by atoms with E-state index in [2.05, 4.69) is 4.90 Å². The molecule has 5 fully saturated rings. The van der Waals surface area contributed by atoms with Crippen LogP contribution in [0.2, 0.25) is 5.02 Å². The molecule has 2 bridgehead atoms. The van der Waals surface area contributed by atoms with Crippen LogP contribution < -0.4 is 0 Å². The van der Waals surface area contributed by atoms with Gasteiger partial charge in [0, 0.05) is 31.7 Å². The van der Waals surface area contributed by atoms with Crippen LogP contribution in [0.4, 0.5) is 0 Å². The van der Waals surface area contributed by atoms with Gasteiger partial charge in [-0.1, -0.05) is 23.7 Å². The molecule has 4 aliphatic carbocycles. The minimum absolute atomic E-state index is 0.245. The molecule has 0 N–H and O–H groups in total. The minimum atomic E-state index is -3.49. The van der Waals surface area contributed by atoms with E-state index in [0.717, 1.165) is 30.8 Å². The molecule has 4 unspecified atom stereocenters. The van der Waals surface area contributed by atoms with Crippen molar-refractivity contribution in [1.82, 2.24) is 9.21 Å². The summed E-state index contributed by atoms with van der Waals surface area (Å²) in [5, 5.41) is 0.319. The van der Waals surface area contributed by atoms with Crippen molar-refractivity contribution in [2.24, 2.45) is 23.2 Å². The fourth-order valence-corrected chi connectivity index (χ4v) is 9.75. The molecule has 1 spiro atoms. The molecule has 140 valence electrons. The fraction of sp³-hybridized carbons (Fsp3) is 0.700. The van der Waals surface area contributed by atoms with Crippen molar-refractivity contribution < 1.29 is 8.42 Å².